The van der Waals surface area contributed by atoms with E-state index in [1.165, 1.54) is 7.11 Å². The van der Waals surface area contributed by atoms with Crippen molar-refractivity contribution in [2.75, 3.05) is 13.7 Å². The van der Waals surface area contributed by atoms with Gasteiger partial charge in [0.2, 0.25) is 5.91 Å². The van der Waals surface area contributed by atoms with Crippen molar-refractivity contribution in [3.63, 3.8) is 0 Å². The molecule has 0 fully saturated rings. The molecule has 0 radical (unpaired) electrons. The molecule has 0 aliphatic carbocycles. The van der Waals surface area contributed by atoms with Crippen LogP contribution in [0, 0.1) is 6.92 Å². The molecule has 0 spiro atoms. The van der Waals surface area contributed by atoms with E-state index in [1.54, 1.807) is 0 Å². The molecule has 1 rings (SSSR count). The molecular formula is C13H16BrNO4. The van der Waals surface area contributed by atoms with Crippen molar-refractivity contribution in [2.24, 2.45) is 0 Å². The first kappa shape index (κ1) is 15.7. The van der Waals surface area contributed by atoms with Crippen LogP contribution in [0.25, 0.3) is 0 Å². The van der Waals surface area contributed by atoms with Gasteiger partial charge in [0.1, 0.15) is 4.83 Å². The number of hydrogen-bond donors (Lipinski definition) is 2. The van der Waals surface area contributed by atoms with Crippen LogP contribution in [-0.4, -0.2) is 36.7 Å². The number of amides is 1. The lowest BCUT2D eigenvalue weighted by Crippen LogP contribution is -2.45. The molecule has 0 unspecified atom stereocenters. The fourth-order valence-corrected chi connectivity index (χ4v) is 1.89. The molecule has 104 valence electrons. The van der Waals surface area contributed by atoms with Crippen LogP contribution in [0.5, 0.6) is 0 Å². The predicted octanol–water partition coefficient (Wildman–Crippen LogP) is 1.08. The van der Waals surface area contributed by atoms with E-state index in [-0.39, 0.29) is 0 Å². The van der Waals surface area contributed by atoms with Gasteiger partial charge >= 0.3 is 5.97 Å². The zero-order chi connectivity index (χ0) is 14.4. The normalized spacial score (nSPS) is 13.5. The Bertz CT molecular complexity index is 446. The van der Waals surface area contributed by atoms with Crippen molar-refractivity contribution < 1.29 is 19.4 Å². The molecule has 0 aromatic heterocycles. The zero-order valence-corrected chi connectivity index (χ0v) is 12.3. The first-order valence-electron chi connectivity index (χ1n) is 5.69. The molecule has 0 saturated carbocycles. The van der Waals surface area contributed by atoms with Crippen molar-refractivity contribution in [1.29, 1.82) is 0 Å². The van der Waals surface area contributed by atoms with Gasteiger partial charge < -0.3 is 15.2 Å². The Labute approximate surface area is 120 Å². The van der Waals surface area contributed by atoms with Crippen molar-refractivity contribution in [3.05, 3.63) is 35.4 Å². The third-order valence-corrected chi connectivity index (χ3v) is 3.53. The summed E-state index contributed by atoms with van der Waals surface area (Å²) in [6.45, 7) is 1.44. The third-order valence-electron chi connectivity index (χ3n) is 2.58. The number of nitrogens with one attached hydrogen (secondary N) is 1. The molecule has 19 heavy (non-hydrogen) atoms. The summed E-state index contributed by atoms with van der Waals surface area (Å²) in [5.74, 6) is -1.09. The van der Waals surface area contributed by atoms with Crippen LogP contribution in [0.1, 0.15) is 16.0 Å². The maximum absolute atomic E-state index is 11.9. The SMILES string of the molecule is COC(=O)[C@@H](CO)NC(=O)[C@@H](Br)c1ccc(C)cc1. The summed E-state index contributed by atoms with van der Waals surface area (Å²) in [5, 5.41) is 11.5. The van der Waals surface area contributed by atoms with Crippen LogP contribution in [0.2, 0.25) is 0 Å². The average Bonchev–Trinajstić information content (AvgIpc) is 2.43. The molecule has 0 heterocycles. The second kappa shape index (κ2) is 7.25. The summed E-state index contributed by atoms with van der Waals surface area (Å²) >= 11 is 3.26. The molecule has 0 saturated heterocycles. The molecule has 6 heteroatoms. The Balaban J connectivity index is 2.71. The van der Waals surface area contributed by atoms with E-state index in [4.69, 9.17) is 5.11 Å². The number of carbonyl (C=O) groups is 2. The average molecular weight is 330 g/mol. The number of halogens is 1. The van der Waals surface area contributed by atoms with E-state index < -0.39 is 29.4 Å². The number of hydrogen-bond acceptors (Lipinski definition) is 4. The number of aliphatic hydroxyl groups is 1. The number of ether oxygens (including phenoxy) is 1. The van der Waals surface area contributed by atoms with Gasteiger partial charge in [-0.15, -0.1) is 0 Å². The maximum Gasteiger partial charge on any atom is 0.330 e. The number of esters is 1. The highest BCUT2D eigenvalue weighted by molar-refractivity contribution is 9.09. The van der Waals surface area contributed by atoms with E-state index in [0.717, 1.165) is 11.1 Å². The predicted molar refractivity (Wildman–Crippen MR) is 73.9 cm³/mol. The van der Waals surface area contributed by atoms with Gasteiger partial charge in [0.05, 0.1) is 13.7 Å². The quantitative estimate of drug-likeness (QED) is 0.626. The van der Waals surface area contributed by atoms with Crippen molar-refractivity contribution in [1.82, 2.24) is 5.32 Å². The first-order valence-corrected chi connectivity index (χ1v) is 6.61. The topological polar surface area (TPSA) is 75.6 Å². The molecule has 0 aliphatic rings. The number of aryl methyl sites for hydroxylation is 1. The lowest BCUT2D eigenvalue weighted by atomic mass is 10.1. The molecule has 1 aromatic rings. The van der Waals surface area contributed by atoms with E-state index >= 15 is 0 Å². The van der Waals surface area contributed by atoms with E-state index in [2.05, 4.69) is 26.0 Å². The van der Waals surface area contributed by atoms with Crippen LogP contribution in [0.3, 0.4) is 0 Å². The molecule has 1 amide bonds. The number of aliphatic hydroxyl groups excluding tert-OH is 1. The highest BCUT2D eigenvalue weighted by Crippen LogP contribution is 2.23. The van der Waals surface area contributed by atoms with Crippen molar-refractivity contribution in [2.45, 2.75) is 17.8 Å². The number of methoxy groups -OCH3 is 1. The molecule has 1 aromatic carbocycles. The Hall–Kier alpha value is -1.40. The van der Waals surface area contributed by atoms with Crippen molar-refractivity contribution >= 4 is 27.8 Å². The minimum Gasteiger partial charge on any atom is -0.467 e. The highest BCUT2D eigenvalue weighted by Gasteiger charge is 2.24. The van der Waals surface area contributed by atoms with Gasteiger partial charge in [0.15, 0.2) is 6.04 Å². The third kappa shape index (κ3) is 4.33. The molecule has 5 nitrogen and oxygen atoms in total. The van der Waals surface area contributed by atoms with Crippen LogP contribution in [0.15, 0.2) is 24.3 Å². The maximum atomic E-state index is 11.9. The molecule has 2 atom stereocenters. The van der Waals surface area contributed by atoms with Crippen LogP contribution in [0.4, 0.5) is 0 Å². The zero-order valence-electron chi connectivity index (χ0n) is 10.7. The van der Waals surface area contributed by atoms with Gasteiger partial charge in [-0.1, -0.05) is 45.8 Å². The minimum atomic E-state index is -1.05. The monoisotopic (exact) mass is 329 g/mol. The minimum absolute atomic E-state index is 0.409. The summed E-state index contributed by atoms with van der Waals surface area (Å²) in [6, 6.07) is 6.37. The molecule has 2 N–H and O–H groups in total. The lowest BCUT2D eigenvalue weighted by molar-refractivity contribution is -0.146. The molecule has 0 aliphatic heterocycles. The lowest BCUT2D eigenvalue weighted by Gasteiger charge is -2.16. The highest BCUT2D eigenvalue weighted by atomic mass is 79.9. The van der Waals surface area contributed by atoms with Gasteiger partial charge in [-0.2, -0.15) is 0 Å². The van der Waals surface area contributed by atoms with Crippen molar-refractivity contribution in [3.8, 4) is 0 Å². The fourth-order valence-electron chi connectivity index (χ4n) is 1.45. The Morgan fingerprint density at radius 1 is 1.37 bits per heavy atom. The van der Waals surface area contributed by atoms with Gasteiger partial charge in [0.25, 0.3) is 0 Å². The van der Waals surface area contributed by atoms with Gasteiger partial charge in [-0.3, -0.25) is 4.79 Å². The second-order valence-electron chi connectivity index (χ2n) is 4.04. The standard InChI is InChI=1S/C13H16BrNO4/c1-8-3-5-9(6-4-8)11(14)12(17)15-10(7-16)13(18)19-2/h3-6,10-11,16H,7H2,1-2H3,(H,15,17)/t10-,11+/m1/s1. The van der Waals surface area contributed by atoms with Crippen LogP contribution >= 0.6 is 15.9 Å². The number of alkyl halides is 1. The Morgan fingerprint density at radius 3 is 2.42 bits per heavy atom. The number of benzene rings is 1. The summed E-state index contributed by atoms with van der Waals surface area (Å²) in [5.41, 5.74) is 1.86. The Morgan fingerprint density at radius 2 is 1.95 bits per heavy atom. The number of rotatable bonds is 5. The molecule has 0 bridgehead atoms. The summed E-state index contributed by atoms with van der Waals surface area (Å²) in [4.78, 5) is 22.6. The summed E-state index contributed by atoms with van der Waals surface area (Å²) in [6.07, 6.45) is 0. The summed E-state index contributed by atoms with van der Waals surface area (Å²) < 4.78 is 4.48. The van der Waals surface area contributed by atoms with E-state index in [9.17, 15) is 9.59 Å². The number of carbonyl (C=O) groups excluding carboxylic acids is 2. The fraction of sp³-hybridized carbons (Fsp3) is 0.385. The second-order valence-corrected chi connectivity index (χ2v) is 4.96. The summed E-state index contributed by atoms with van der Waals surface area (Å²) in [7, 11) is 1.20. The Kier molecular flexibility index (Phi) is 5.98. The largest absolute Gasteiger partial charge is 0.467 e. The van der Waals surface area contributed by atoms with Gasteiger partial charge in [-0.25, -0.2) is 4.79 Å². The van der Waals surface area contributed by atoms with Gasteiger partial charge in [-0.05, 0) is 12.5 Å². The van der Waals surface area contributed by atoms with E-state index in [1.807, 2.05) is 31.2 Å². The molecular weight excluding hydrogens is 314 g/mol. The van der Waals surface area contributed by atoms with Crippen LogP contribution in [-0.2, 0) is 14.3 Å². The first-order chi connectivity index (χ1) is 8.99. The smallest absolute Gasteiger partial charge is 0.330 e. The van der Waals surface area contributed by atoms with Gasteiger partial charge in [0, 0.05) is 0 Å². The van der Waals surface area contributed by atoms with Crippen LogP contribution < -0.4 is 5.32 Å². The van der Waals surface area contributed by atoms with E-state index in [0.29, 0.717) is 0 Å².